The third kappa shape index (κ3) is 2.49. The quantitative estimate of drug-likeness (QED) is 0.913. The molecule has 2 aromatic rings. The number of halogens is 1. The van der Waals surface area contributed by atoms with Gasteiger partial charge in [0.05, 0.1) is 5.69 Å². The Morgan fingerprint density at radius 3 is 2.72 bits per heavy atom. The van der Waals surface area contributed by atoms with Crippen molar-refractivity contribution in [3.63, 3.8) is 0 Å². The highest BCUT2D eigenvalue weighted by molar-refractivity contribution is 9.10. The third-order valence-electron chi connectivity index (χ3n) is 3.13. The molecule has 0 atom stereocenters. The van der Waals surface area contributed by atoms with Crippen molar-refractivity contribution in [1.82, 2.24) is 9.97 Å². The topological polar surface area (TPSA) is 54.7 Å². The second kappa shape index (κ2) is 4.86. The monoisotopic (exact) mass is 307 g/mol. The Labute approximate surface area is 116 Å². The summed E-state index contributed by atoms with van der Waals surface area (Å²) in [5.74, 6) is 0.942. The lowest BCUT2D eigenvalue weighted by molar-refractivity contribution is 0.507. The smallest absolute Gasteiger partial charge is 0.113 e. The summed E-state index contributed by atoms with van der Waals surface area (Å²) >= 11 is 3.49. The van der Waals surface area contributed by atoms with E-state index in [1.807, 2.05) is 19.1 Å². The van der Waals surface area contributed by atoms with Crippen molar-refractivity contribution in [2.75, 3.05) is 6.54 Å². The highest BCUT2D eigenvalue weighted by Gasteiger charge is 2.23. The van der Waals surface area contributed by atoms with Gasteiger partial charge in [0.15, 0.2) is 0 Å². The molecule has 1 heterocycles. The van der Waals surface area contributed by atoms with Crippen LogP contribution in [0.5, 0.6) is 0 Å². The lowest BCUT2D eigenvalue weighted by Gasteiger charge is -2.18. The van der Waals surface area contributed by atoms with Crippen LogP contribution >= 0.6 is 15.9 Å². The van der Waals surface area contributed by atoms with Crippen LogP contribution in [-0.2, 0) is 5.41 Å². The molecule has 0 radical (unpaired) electrons. The first kappa shape index (κ1) is 13.3. The summed E-state index contributed by atoms with van der Waals surface area (Å²) in [6.07, 6.45) is 0. The zero-order valence-corrected chi connectivity index (χ0v) is 12.5. The number of aromatic nitrogens is 2. The van der Waals surface area contributed by atoms with Gasteiger partial charge in [0, 0.05) is 27.7 Å². The summed E-state index contributed by atoms with van der Waals surface area (Å²) in [5.41, 5.74) is 8.84. The first-order chi connectivity index (χ1) is 8.44. The van der Waals surface area contributed by atoms with Crippen LogP contribution in [0.3, 0.4) is 0 Å². The SMILES string of the molecule is Cc1[nH]c(C(C)(C)CN)nc1-c1cccc(Br)c1. The molecule has 0 spiro atoms. The zero-order valence-electron chi connectivity index (χ0n) is 10.9. The van der Waals surface area contributed by atoms with Gasteiger partial charge < -0.3 is 10.7 Å². The summed E-state index contributed by atoms with van der Waals surface area (Å²) in [6.45, 7) is 6.79. The summed E-state index contributed by atoms with van der Waals surface area (Å²) < 4.78 is 1.06. The van der Waals surface area contributed by atoms with Crippen molar-refractivity contribution in [2.24, 2.45) is 5.73 Å². The number of rotatable bonds is 3. The Morgan fingerprint density at radius 1 is 1.39 bits per heavy atom. The highest BCUT2D eigenvalue weighted by atomic mass is 79.9. The minimum absolute atomic E-state index is 0.130. The van der Waals surface area contributed by atoms with Crippen LogP contribution < -0.4 is 5.73 Å². The van der Waals surface area contributed by atoms with Crippen LogP contribution in [0.15, 0.2) is 28.7 Å². The number of hydrogen-bond donors (Lipinski definition) is 2. The molecule has 2 rings (SSSR count). The molecule has 0 amide bonds. The number of hydrogen-bond acceptors (Lipinski definition) is 2. The predicted octanol–water partition coefficient (Wildman–Crippen LogP) is 3.38. The zero-order chi connectivity index (χ0) is 13.3. The minimum Gasteiger partial charge on any atom is -0.345 e. The van der Waals surface area contributed by atoms with Gasteiger partial charge in [-0.2, -0.15) is 0 Å². The van der Waals surface area contributed by atoms with Crippen molar-refractivity contribution < 1.29 is 0 Å². The first-order valence-electron chi connectivity index (χ1n) is 5.97. The van der Waals surface area contributed by atoms with Crippen molar-refractivity contribution in [1.29, 1.82) is 0 Å². The fraction of sp³-hybridized carbons (Fsp3) is 0.357. The molecular formula is C14H18BrN3. The fourth-order valence-corrected chi connectivity index (χ4v) is 2.19. The van der Waals surface area contributed by atoms with E-state index in [4.69, 9.17) is 10.7 Å². The molecule has 18 heavy (non-hydrogen) atoms. The van der Waals surface area contributed by atoms with E-state index in [1.165, 1.54) is 0 Å². The van der Waals surface area contributed by atoms with Crippen LogP contribution in [0.25, 0.3) is 11.3 Å². The van der Waals surface area contributed by atoms with Crippen molar-refractivity contribution in [3.05, 3.63) is 40.3 Å². The van der Waals surface area contributed by atoms with Gasteiger partial charge in [-0.15, -0.1) is 0 Å². The first-order valence-corrected chi connectivity index (χ1v) is 6.76. The van der Waals surface area contributed by atoms with Gasteiger partial charge >= 0.3 is 0 Å². The average Bonchev–Trinajstić information content (AvgIpc) is 2.72. The van der Waals surface area contributed by atoms with E-state index < -0.39 is 0 Å². The number of nitrogens with one attached hydrogen (secondary N) is 1. The van der Waals surface area contributed by atoms with Gasteiger partial charge in [-0.1, -0.05) is 41.9 Å². The van der Waals surface area contributed by atoms with E-state index in [1.54, 1.807) is 0 Å². The van der Waals surface area contributed by atoms with Crippen LogP contribution in [0.4, 0.5) is 0 Å². The van der Waals surface area contributed by atoms with Gasteiger partial charge in [0.1, 0.15) is 5.82 Å². The number of aromatic amines is 1. The maximum absolute atomic E-state index is 5.79. The summed E-state index contributed by atoms with van der Waals surface area (Å²) in [7, 11) is 0. The average molecular weight is 308 g/mol. The van der Waals surface area contributed by atoms with Gasteiger partial charge in [-0.25, -0.2) is 4.98 Å². The van der Waals surface area contributed by atoms with E-state index >= 15 is 0 Å². The van der Waals surface area contributed by atoms with Crippen molar-refractivity contribution in [3.8, 4) is 11.3 Å². The minimum atomic E-state index is -0.130. The molecule has 0 aliphatic rings. The lowest BCUT2D eigenvalue weighted by Crippen LogP contribution is -2.29. The largest absolute Gasteiger partial charge is 0.345 e. The molecule has 4 heteroatoms. The van der Waals surface area contributed by atoms with E-state index in [-0.39, 0.29) is 5.41 Å². The van der Waals surface area contributed by atoms with Gasteiger partial charge in [0.25, 0.3) is 0 Å². The van der Waals surface area contributed by atoms with Gasteiger partial charge in [-0.05, 0) is 19.1 Å². The number of benzene rings is 1. The molecule has 3 N–H and O–H groups in total. The maximum Gasteiger partial charge on any atom is 0.113 e. The predicted molar refractivity (Wildman–Crippen MR) is 78.5 cm³/mol. The molecule has 0 saturated carbocycles. The van der Waals surface area contributed by atoms with Gasteiger partial charge in [-0.3, -0.25) is 0 Å². The molecule has 1 aromatic carbocycles. The second-order valence-electron chi connectivity index (χ2n) is 5.16. The van der Waals surface area contributed by atoms with E-state index in [9.17, 15) is 0 Å². The third-order valence-corrected chi connectivity index (χ3v) is 3.63. The van der Waals surface area contributed by atoms with E-state index in [0.717, 1.165) is 27.2 Å². The summed E-state index contributed by atoms with van der Waals surface area (Å²) in [6, 6.07) is 8.16. The number of nitrogens with zero attached hydrogens (tertiary/aromatic N) is 1. The summed E-state index contributed by atoms with van der Waals surface area (Å²) in [5, 5.41) is 0. The number of imidazole rings is 1. The maximum atomic E-state index is 5.79. The molecule has 0 bridgehead atoms. The molecular weight excluding hydrogens is 290 g/mol. The Bertz CT molecular complexity index is 558. The Kier molecular flexibility index (Phi) is 3.59. The van der Waals surface area contributed by atoms with Crippen LogP contribution in [-0.4, -0.2) is 16.5 Å². The molecule has 0 aliphatic carbocycles. The van der Waals surface area contributed by atoms with Crippen LogP contribution in [0.2, 0.25) is 0 Å². The fourth-order valence-electron chi connectivity index (χ4n) is 1.79. The summed E-state index contributed by atoms with van der Waals surface area (Å²) in [4.78, 5) is 8.05. The van der Waals surface area contributed by atoms with E-state index in [0.29, 0.717) is 6.54 Å². The molecule has 0 saturated heterocycles. The molecule has 3 nitrogen and oxygen atoms in total. The Balaban J connectivity index is 2.48. The number of nitrogens with two attached hydrogens (primary N) is 1. The van der Waals surface area contributed by atoms with E-state index in [2.05, 4.69) is 46.9 Å². The highest BCUT2D eigenvalue weighted by Crippen LogP contribution is 2.27. The van der Waals surface area contributed by atoms with Crippen molar-refractivity contribution in [2.45, 2.75) is 26.2 Å². The van der Waals surface area contributed by atoms with Crippen molar-refractivity contribution >= 4 is 15.9 Å². The standard InChI is InChI=1S/C14H18BrN3/c1-9-12(10-5-4-6-11(15)7-10)18-13(17-9)14(2,3)8-16/h4-7H,8,16H2,1-3H3,(H,17,18). The Morgan fingerprint density at radius 2 is 2.11 bits per heavy atom. The molecule has 0 unspecified atom stereocenters. The van der Waals surface area contributed by atoms with Gasteiger partial charge in [0.2, 0.25) is 0 Å². The molecule has 1 aromatic heterocycles. The van der Waals surface area contributed by atoms with Crippen LogP contribution in [0.1, 0.15) is 25.4 Å². The lowest BCUT2D eigenvalue weighted by atomic mass is 9.93. The number of aryl methyl sites for hydroxylation is 1. The second-order valence-corrected chi connectivity index (χ2v) is 6.07. The Hall–Kier alpha value is -1.13. The van der Waals surface area contributed by atoms with Crippen LogP contribution in [0, 0.1) is 6.92 Å². The molecule has 0 aliphatic heterocycles. The molecule has 96 valence electrons. The normalized spacial score (nSPS) is 11.8. The number of H-pyrrole nitrogens is 1. The molecule has 0 fully saturated rings.